The van der Waals surface area contributed by atoms with Gasteiger partial charge in [-0.25, -0.2) is 0 Å². The van der Waals surface area contributed by atoms with E-state index >= 15 is 0 Å². The molecule has 0 fully saturated rings. The van der Waals surface area contributed by atoms with Crippen molar-refractivity contribution >= 4 is 5.97 Å². The molecule has 72 valence electrons. The van der Waals surface area contributed by atoms with Gasteiger partial charge in [-0.2, -0.15) is 4.80 Å². The molecule has 0 spiro atoms. The second kappa shape index (κ2) is 5.23. The Balaban J connectivity index is 2.11. The summed E-state index contributed by atoms with van der Waals surface area (Å²) < 4.78 is 4.76. The summed E-state index contributed by atoms with van der Waals surface area (Å²) in [5.74, 6) is -0.178. The van der Waals surface area contributed by atoms with Crippen molar-refractivity contribution < 1.29 is 9.53 Å². The second-order valence-corrected chi connectivity index (χ2v) is 2.44. The minimum atomic E-state index is -0.178. The van der Waals surface area contributed by atoms with E-state index in [2.05, 4.69) is 15.4 Å². The van der Waals surface area contributed by atoms with Crippen LogP contribution in [0.5, 0.6) is 0 Å². The maximum Gasteiger partial charge on any atom is 0.305 e. The van der Waals surface area contributed by atoms with Crippen molar-refractivity contribution in [3.63, 3.8) is 0 Å². The molecule has 13 heavy (non-hydrogen) atoms. The fraction of sp³-hybridized carbons (Fsp3) is 0.714. The molecule has 0 radical (unpaired) electrons. The monoisotopic (exact) mass is 184 g/mol. The molecule has 0 unspecified atom stereocenters. The summed E-state index contributed by atoms with van der Waals surface area (Å²) in [4.78, 5) is 12.3. The van der Waals surface area contributed by atoms with Crippen LogP contribution in [-0.2, 0) is 16.1 Å². The lowest BCUT2D eigenvalue weighted by Crippen LogP contribution is -2.08. The van der Waals surface area contributed by atoms with E-state index in [9.17, 15) is 4.79 Å². The van der Waals surface area contributed by atoms with Crippen molar-refractivity contribution in [2.24, 2.45) is 0 Å². The summed E-state index contributed by atoms with van der Waals surface area (Å²) in [7, 11) is 0. The van der Waals surface area contributed by atoms with E-state index in [1.54, 1.807) is 6.92 Å². The van der Waals surface area contributed by atoms with Gasteiger partial charge in [0, 0.05) is 6.42 Å². The fourth-order valence-corrected chi connectivity index (χ4v) is 0.889. The van der Waals surface area contributed by atoms with Gasteiger partial charge in [-0.3, -0.25) is 4.79 Å². The van der Waals surface area contributed by atoms with Gasteiger partial charge in [-0.05, 0) is 18.6 Å². The molecule has 0 amide bonds. The Morgan fingerprint density at radius 3 is 3.08 bits per heavy atom. The van der Waals surface area contributed by atoms with Crippen LogP contribution in [0.2, 0.25) is 0 Å². The normalized spacial score (nSPS) is 9.92. The zero-order valence-electron chi connectivity index (χ0n) is 7.51. The number of carbonyl (C=O) groups is 1. The second-order valence-electron chi connectivity index (χ2n) is 2.44. The highest BCUT2D eigenvalue weighted by molar-refractivity contribution is 5.69. The lowest BCUT2D eigenvalue weighted by Gasteiger charge is -2.00. The molecule has 6 nitrogen and oxygen atoms in total. The van der Waals surface area contributed by atoms with Crippen LogP contribution in [0.1, 0.15) is 19.8 Å². The maximum absolute atomic E-state index is 10.9. The maximum atomic E-state index is 10.9. The summed E-state index contributed by atoms with van der Waals surface area (Å²) in [6.45, 7) is 2.82. The SMILES string of the molecule is CCOC(=O)CCCn1ncnn1. The molecule has 0 aliphatic carbocycles. The van der Waals surface area contributed by atoms with E-state index in [0.717, 1.165) is 0 Å². The predicted octanol–water partition coefficient (Wildman–Crippen LogP) is 0.0164. The molecule has 0 bridgehead atoms. The van der Waals surface area contributed by atoms with Crippen molar-refractivity contribution in [2.45, 2.75) is 26.3 Å². The zero-order valence-corrected chi connectivity index (χ0v) is 7.51. The lowest BCUT2D eigenvalue weighted by molar-refractivity contribution is -0.143. The number of aryl methyl sites for hydroxylation is 1. The minimum Gasteiger partial charge on any atom is -0.466 e. The summed E-state index contributed by atoms with van der Waals surface area (Å²) >= 11 is 0. The molecule has 0 aliphatic rings. The third kappa shape index (κ3) is 3.64. The third-order valence-corrected chi connectivity index (χ3v) is 1.44. The van der Waals surface area contributed by atoms with Crippen LogP contribution in [0.3, 0.4) is 0 Å². The molecule has 0 saturated carbocycles. The van der Waals surface area contributed by atoms with Crippen molar-refractivity contribution in [3.05, 3.63) is 6.33 Å². The molecule has 0 saturated heterocycles. The average Bonchev–Trinajstić information content (AvgIpc) is 2.57. The van der Waals surface area contributed by atoms with Gasteiger partial charge in [0.1, 0.15) is 0 Å². The van der Waals surface area contributed by atoms with Gasteiger partial charge in [-0.15, -0.1) is 10.2 Å². The summed E-state index contributed by atoms with van der Waals surface area (Å²) in [5, 5.41) is 11.0. The molecule has 1 rings (SSSR count). The molecule has 0 N–H and O–H groups in total. The minimum absolute atomic E-state index is 0.178. The van der Waals surface area contributed by atoms with Crippen LogP contribution in [0.25, 0.3) is 0 Å². The summed E-state index contributed by atoms with van der Waals surface area (Å²) in [6.07, 6.45) is 2.44. The van der Waals surface area contributed by atoms with Crippen molar-refractivity contribution in [1.82, 2.24) is 20.2 Å². The number of hydrogen-bond donors (Lipinski definition) is 0. The summed E-state index contributed by atoms with van der Waals surface area (Å²) in [6, 6.07) is 0. The molecule has 1 aromatic heterocycles. The largest absolute Gasteiger partial charge is 0.466 e. The van der Waals surface area contributed by atoms with Gasteiger partial charge < -0.3 is 4.74 Å². The quantitative estimate of drug-likeness (QED) is 0.603. The van der Waals surface area contributed by atoms with Crippen LogP contribution in [0.4, 0.5) is 0 Å². The lowest BCUT2D eigenvalue weighted by atomic mass is 10.3. The number of tetrazole rings is 1. The molecule has 1 aromatic rings. The van der Waals surface area contributed by atoms with Gasteiger partial charge in [0.2, 0.25) is 0 Å². The van der Waals surface area contributed by atoms with Gasteiger partial charge in [-0.1, -0.05) is 0 Å². The molecule has 0 aromatic carbocycles. The van der Waals surface area contributed by atoms with E-state index in [-0.39, 0.29) is 5.97 Å². The number of hydrogen-bond acceptors (Lipinski definition) is 5. The summed E-state index contributed by atoms with van der Waals surface area (Å²) in [5.41, 5.74) is 0. The number of carbonyl (C=O) groups excluding carboxylic acids is 1. The molecular weight excluding hydrogens is 172 g/mol. The van der Waals surface area contributed by atoms with Crippen molar-refractivity contribution in [2.75, 3.05) is 6.61 Å². The van der Waals surface area contributed by atoms with E-state index in [1.807, 2.05) is 0 Å². The molecule has 6 heteroatoms. The Morgan fingerprint density at radius 2 is 2.46 bits per heavy atom. The Labute approximate surface area is 75.9 Å². The van der Waals surface area contributed by atoms with Crippen LogP contribution >= 0.6 is 0 Å². The highest BCUT2D eigenvalue weighted by atomic mass is 16.5. The first-order valence-corrected chi connectivity index (χ1v) is 4.19. The van der Waals surface area contributed by atoms with Crippen molar-refractivity contribution in [1.29, 1.82) is 0 Å². The first kappa shape index (κ1) is 9.63. The predicted molar refractivity (Wildman–Crippen MR) is 43.7 cm³/mol. The molecule has 0 aliphatic heterocycles. The van der Waals surface area contributed by atoms with E-state index < -0.39 is 0 Å². The van der Waals surface area contributed by atoms with Gasteiger partial charge in [0.05, 0.1) is 13.2 Å². The Morgan fingerprint density at radius 1 is 1.62 bits per heavy atom. The third-order valence-electron chi connectivity index (χ3n) is 1.44. The Kier molecular flexibility index (Phi) is 3.87. The van der Waals surface area contributed by atoms with Gasteiger partial charge in [0.15, 0.2) is 6.33 Å². The number of aromatic nitrogens is 4. The number of esters is 1. The topological polar surface area (TPSA) is 69.9 Å². The Bertz CT molecular complexity index is 247. The fourth-order valence-electron chi connectivity index (χ4n) is 0.889. The van der Waals surface area contributed by atoms with Gasteiger partial charge >= 0.3 is 5.97 Å². The van der Waals surface area contributed by atoms with E-state index in [4.69, 9.17) is 4.74 Å². The van der Waals surface area contributed by atoms with Crippen molar-refractivity contribution in [3.8, 4) is 0 Å². The Hall–Kier alpha value is -1.46. The standard InChI is InChI=1S/C7H12N4O2/c1-2-13-7(12)4-3-5-11-9-6-8-10-11/h6H,2-5H2,1H3. The smallest absolute Gasteiger partial charge is 0.305 e. The molecular formula is C7H12N4O2. The highest BCUT2D eigenvalue weighted by Gasteiger charge is 2.01. The zero-order chi connectivity index (χ0) is 9.52. The average molecular weight is 184 g/mol. The first-order valence-electron chi connectivity index (χ1n) is 4.19. The van der Waals surface area contributed by atoms with Gasteiger partial charge in [0.25, 0.3) is 0 Å². The molecule has 1 heterocycles. The number of nitrogens with zero attached hydrogens (tertiary/aromatic N) is 4. The van der Waals surface area contributed by atoms with Crippen LogP contribution in [-0.4, -0.2) is 32.8 Å². The number of ether oxygens (including phenoxy) is 1. The van der Waals surface area contributed by atoms with Crippen LogP contribution in [0.15, 0.2) is 6.33 Å². The van der Waals surface area contributed by atoms with E-state index in [0.29, 0.717) is 26.0 Å². The number of rotatable bonds is 5. The highest BCUT2D eigenvalue weighted by Crippen LogP contribution is 1.94. The van der Waals surface area contributed by atoms with Crippen LogP contribution < -0.4 is 0 Å². The molecule has 0 atom stereocenters. The first-order chi connectivity index (χ1) is 6.33. The van der Waals surface area contributed by atoms with Crippen LogP contribution in [0, 0.1) is 0 Å². The van der Waals surface area contributed by atoms with E-state index in [1.165, 1.54) is 11.1 Å².